The Morgan fingerprint density at radius 1 is 1.00 bits per heavy atom. The molecule has 2 aromatic carbocycles. The van der Waals surface area contributed by atoms with E-state index in [1.807, 2.05) is 36.4 Å². The lowest BCUT2D eigenvalue weighted by atomic mass is 10.3. The van der Waals surface area contributed by atoms with Gasteiger partial charge < -0.3 is 15.2 Å². The third-order valence-corrected chi connectivity index (χ3v) is 2.50. The van der Waals surface area contributed by atoms with E-state index < -0.39 is 12.0 Å². The molecule has 0 heterocycles. The molecule has 2 aromatic rings. The van der Waals surface area contributed by atoms with Crippen molar-refractivity contribution in [3.8, 4) is 17.2 Å². The summed E-state index contributed by atoms with van der Waals surface area (Å²) >= 11 is 0. The van der Waals surface area contributed by atoms with Crippen LogP contribution in [-0.2, 0) is 4.79 Å². The van der Waals surface area contributed by atoms with Gasteiger partial charge in [-0.2, -0.15) is 0 Å². The molecule has 98 valence electrons. The van der Waals surface area contributed by atoms with Gasteiger partial charge >= 0.3 is 0 Å². The van der Waals surface area contributed by atoms with E-state index in [1.165, 1.54) is 0 Å². The number of carbonyl (C=O) groups excluding carboxylic acids is 1. The molecule has 0 aliphatic carbocycles. The van der Waals surface area contributed by atoms with Crippen molar-refractivity contribution in [1.29, 1.82) is 0 Å². The zero-order valence-corrected chi connectivity index (χ0v) is 10.6. The molecule has 1 amide bonds. The van der Waals surface area contributed by atoms with Crippen LogP contribution < -0.4 is 15.2 Å². The minimum atomic E-state index is -0.674. The van der Waals surface area contributed by atoms with Crippen LogP contribution >= 0.6 is 0 Å². The van der Waals surface area contributed by atoms with Crippen molar-refractivity contribution in [2.45, 2.75) is 13.0 Å². The smallest absolute Gasteiger partial charge is 0.258 e. The number of para-hydroxylation sites is 1. The van der Waals surface area contributed by atoms with Gasteiger partial charge in [0.05, 0.1) is 0 Å². The fourth-order valence-corrected chi connectivity index (χ4v) is 1.50. The molecule has 2 rings (SSSR count). The maximum Gasteiger partial charge on any atom is 0.258 e. The van der Waals surface area contributed by atoms with Gasteiger partial charge in [0, 0.05) is 6.07 Å². The van der Waals surface area contributed by atoms with E-state index in [-0.39, 0.29) is 0 Å². The van der Waals surface area contributed by atoms with Gasteiger partial charge in [-0.25, -0.2) is 0 Å². The predicted octanol–water partition coefficient (Wildman–Crippen LogP) is 2.73. The number of primary amides is 1. The highest BCUT2D eigenvalue weighted by Gasteiger charge is 2.10. The highest BCUT2D eigenvalue weighted by molar-refractivity contribution is 5.78. The number of hydrogen-bond acceptors (Lipinski definition) is 3. The molecule has 0 fully saturated rings. The molecule has 0 aliphatic rings. The summed E-state index contributed by atoms with van der Waals surface area (Å²) in [5.41, 5.74) is 5.15. The van der Waals surface area contributed by atoms with Gasteiger partial charge in [-0.1, -0.05) is 24.3 Å². The van der Waals surface area contributed by atoms with Crippen LogP contribution in [0, 0.1) is 0 Å². The molecule has 0 saturated heterocycles. The first-order valence-corrected chi connectivity index (χ1v) is 5.94. The lowest BCUT2D eigenvalue weighted by molar-refractivity contribution is -0.123. The fourth-order valence-electron chi connectivity index (χ4n) is 1.50. The third-order valence-electron chi connectivity index (χ3n) is 2.50. The Bertz CT molecular complexity index is 554. The standard InChI is InChI=1S/C15H15NO3/c1-11(15(16)17)18-13-8-5-9-14(10-13)19-12-6-3-2-4-7-12/h2-11H,1H3,(H2,16,17). The topological polar surface area (TPSA) is 61.6 Å². The second kappa shape index (κ2) is 5.91. The number of benzene rings is 2. The second-order valence-electron chi connectivity index (χ2n) is 4.05. The Labute approximate surface area is 111 Å². The van der Waals surface area contributed by atoms with E-state index in [0.29, 0.717) is 11.5 Å². The fraction of sp³-hybridized carbons (Fsp3) is 0.133. The van der Waals surface area contributed by atoms with Crippen molar-refractivity contribution in [3.63, 3.8) is 0 Å². The van der Waals surface area contributed by atoms with E-state index in [4.69, 9.17) is 15.2 Å². The molecule has 19 heavy (non-hydrogen) atoms. The number of amides is 1. The average Bonchev–Trinajstić information content (AvgIpc) is 2.40. The van der Waals surface area contributed by atoms with Crippen LogP contribution in [0.3, 0.4) is 0 Å². The van der Waals surface area contributed by atoms with Crippen molar-refractivity contribution in [2.75, 3.05) is 0 Å². The molecule has 0 saturated carbocycles. The molecule has 1 atom stereocenters. The largest absolute Gasteiger partial charge is 0.481 e. The lowest BCUT2D eigenvalue weighted by Crippen LogP contribution is -2.30. The van der Waals surface area contributed by atoms with Crippen LogP contribution in [0.2, 0.25) is 0 Å². The second-order valence-corrected chi connectivity index (χ2v) is 4.05. The molecule has 0 spiro atoms. The molecule has 4 heteroatoms. The monoisotopic (exact) mass is 257 g/mol. The first kappa shape index (κ1) is 13.0. The van der Waals surface area contributed by atoms with Crippen molar-refractivity contribution in [2.24, 2.45) is 5.73 Å². The Kier molecular flexibility index (Phi) is 4.03. The summed E-state index contributed by atoms with van der Waals surface area (Å²) in [6, 6.07) is 16.5. The quantitative estimate of drug-likeness (QED) is 0.895. The molecule has 0 bridgehead atoms. The highest BCUT2D eigenvalue weighted by Crippen LogP contribution is 2.25. The average molecular weight is 257 g/mol. The summed E-state index contributed by atoms with van der Waals surface area (Å²) in [5, 5.41) is 0. The number of ether oxygens (including phenoxy) is 2. The molecular formula is C15H15NO3. The predicted molar refractivity (Wildman–Crippen MR) is 72.2 cm³/mol. The van der Waals surface area contributed by atoms with E-state index >= 15 is 0 Å². The Balaban J connectivity index is 2.09. The van der Waals surface area contributed by atoms with Crippen LogP contribution in [0.4, 0.5) is 0 Å². The van der Waals surface area contributed by atoms with Gasteiger partial charge in [0.15, 0.2) is 6.10 Å². The zero-order chi connectivity index (χ0) is 13.7. The van der Waals surface area contributed by atoms with Gasteiger partial charge in [-0.3, -0.25) is 4.79 Å². The van der Waals surface area contributed by atoms with Crippen LogP contribution in [-0.4, -0.2) is 12.0 Å². The normalized spacial score (nSPS) is 11.6. The first-order chi connectivity index (χ1) is 9.15. The van der Waals surface area contributed by atoms with Gasteiger partial charge in [0.2, 0.25) is 0 Å². The SMILES string of the molecule is CC(Oc1cccc(Oc2ccccc2)c1)C(N)=O. The molecule has 1 unspecified atom stereocenters. The Morgan fingerprint density at radius 3 is 2.32 bits per heavy atom. The van der Waals surface area contributed by atoms with E-state index in [0.717, 1.165) is 5.75 Å². The van der Waals surface area contributed by atoms with Crippen molar-refractivity contribution < 1.29 is 14.3 Å². The zero-order valence-electron chi connectivity index (χ0n) is 10.6. The van der Waals surface area contributed by atoms with Gasteiger partial charge in [-0.15, -0.1) is 0 Å². The molecular weight excluding hydrogens is 242 g/mol. The summed E-state index contributed by atoms with van der Waals surface area (Å²) in [6.45, 7) is 1.60. The van der Waals surface area contributed by atoms with Crippen LogP contribution in [0.5, 0.6) is 17.2 Å². The minimum absolute atomic E-state index is 0.505. The van der Waals surface area contributed by atoms with Crippen molar-refractivity contribution >= 4 is 5.91 Å². The number of hydrogen-bond donors (Lipinski definition) is 1. The molecule has 4 nitrogen and oxygen atoms in total. The minimum Gasteiger partial charge on any atom is -0.481 e. The summed E-state index contributed by atoms with van der Waals surface area (Å²) in [7, 11) is 0. The van der Waals surface area contributed by atoms with Crippen LogP contribution in [0.25, 0.3) is 0 Å². The van der Waals surface area contributed by atoms with E-state index in [2.05, 4.69) is 0 Å². The van der Waals surface area contributed by atoms with Gasteiger partial charge in [0.1, 0.15) is 17.2 Å². The van der Waals surface area contributed by atoms with Crippen molar-refractivity contribution in [3.05, 3.63) is 54.6 Å². The summed E-state index contributed by atoms with van der Waals surface area (Å²) < 4.78 is 11.1. The highest BCUT2D eigenvalue weighted by atomic mass is 16.5. The Morgan fingerprint density at radius 2 is 1.63 bits per heavy atom. The summed E-state index contributed by atoms with van der Waals surface area (Å²) in [4.78, 5) is 10.9. The van der Waals surface area contributed by atoms with E-state index in [9.17, 15) is 4.79 Å². The van der Waals surface area contributed by atoms with E-state index in [1.54, 1.807) is 25.1 Å². The molecule has 0 aliphatic heterocycles. The maximum atomic E-state index is 10.9. The first-order valence-electron chi connectivity index (χ1n) is 5.94. The number of rotatable bonds is 5. The number of carbonyl (C=O) groups is 1. The molecule has 0 radical (unpaired) electrons. The summed E-state index contributed by atoms with van der Waals surface area (Å²) in [5.74, 6) is 1.41. The molecule has 2 N–H and O–H groups in total. The van der Waals surface area contributed by atoms with Crippen LogP contribution in [0.1, 0.15) is 6.92 Å². The molecule has 0 aromatic heterocycles. The number of nitrogens with two attached hydrogens (primary N) is 1. The van der Waals surface area contributed by atoms with Crippen molar-refractivity contribution in [1.82, 2.24) is 0 Å². The van der Waals surface area contributed by atoms with Gasteiger partial charge in [0.25, 0.3) is 5.91 Å². The van der Waals surface area contributed by atoms with Gasteiger partial charge in [-0.05, 0) is 31.2 Å². The third kappa shape index (κ3) is 3.74. The van der Waals surface area contributed by atoms with Crippen LogP contribution in [0.15, 0.2) is 54.6 Å². The summed E-state index contributed by atoms with van der Waals surface area (Å²) in [6.07, 6.45) is -0.674. The maximum absolute atomic E-state index is 10.9. The Hall–Kier alpha value is -2.49. The lowest BCUT2D eigenvalue weighted by Gasteiger charge is -2.12.